The number of nitrogens with one attached hydrogen (secondary N) is 1. The smallest absolute Gasteiger partial charge is 0.407 e. The van der Waals surface area contributed by atoms with Gasteiger partial charge in [0.1, 0.15) is 0 Å². The standard InChI is InChI=1S/C8H17NO2/c1-4-6-7(5-2)9-8(10)11-3/h7H,4-6H2,1-3H3,(H,9,10). The molecule has 0 aromatic rings. The van der Waals surface area contributed by atoms with Gasteiger partial charge in [-0.3, -0.25) is 0 Å². The van der Waals surface area contributed by atoms with Crippen molar-refractivity contribution in [2.24, 2.45) is 0 Å². The van der Waals surface area contributed by atoms with E-state index in [2.05, 4.69) is 23.9 Å². The quantitative estimate of drug-likeness (QED) is 0.680. The van der Waals surface area contributed by atoms with Crippen molar-refractivity contribution in [2.75, 3.05) is 7.11 Å². The molecule has 0 spiro atoms. The van der Waals surface area contributed by atoms with E-state index < -0.39 is 0 Å². The second kappa shape index (κ2) is 6.01. The first kappa shape index (κ1) is 10.3. The molecule has 0 aromatic heterocycles. The zero-order chi connectivity index (χ0) is 8.69. The Morgan fingerprint density at radius 3 is 2.55 bits per heavy atom. The third kappa shape index (κ3) is 4.65. The molecule has 0 saturated carbocycles. The summed E-state index contributed by atoms with van der Waals surface area (Å²) < 4.78 is 4.48. The van der Waals surface area contributed by atoms with Crippen LogP contribution in [0.15, 0.2) is 0 Å². The van der Waals surface area contributed by atoms with Crippen molar-refractivity contribution in [1.82, 2.24) is 5.32 Å². The van der Waals surface area contributed by atoms with Crippen LogP contribution in [0.4, 0.5) is 4.79 Å². The van der Waals surface area contributed by atoms with Gasteiger partial charge in [-0.05, 0) is 12.8 Å². The number of alkyl carbamates (subject to hydrolysis) is 1. The minimum absolute atomic E-state index is 0.271. The van der Waals surface area contributed by atoms with Gasteiger partial charge in [-0.15, -0.1) is 0 Å². The predicted molar refractivity (Wildman–Crippen MR) is 44.5 cm³/mol. The van der Waals surface area contributed by atoms with Gasteiger partial charge in [0, 0.05) is 6.04 Å². The van der Waals surface area contributed by atoms with Gasteiger partial charge in [0.15, 0.2) is 0 Å². The van der Waals surface area contributed by atoms with E-state index >= 15 is 0 Å². The van der Waals surface area contributed by atoms with Crippen LogP contribution < -0.4 is 5.32 Å². The van der Waals surface area contributed by atoms with E-state index in [0.717, 1.165) is 19.3 Å². The van der Waals surface area contributed by atoms with Gasteiger partial charge in [0.05, 0.1) is 7.11 Å². The van der Waals surface area contributed by atoms with Gasteiger partial charge < -0.3 is 10.1 Å². The lowest BCUT2D eigenvalue weighted by Gasteiger charge is -2.14. The van der Waals surface area contributed by atoms with Crippen molar-refractivity contribution in [3.63, 3.8) is 0 Å². The highest BCUT2D eigenvalue weighted by molar-refractivity contribution is 5.67. The number of methoxy groups -OCH3 is 1. The largest absolute Gasteiger partial charge is 0.453 e. The zero-order valence-corrected chi connectivity index (χ0v) is 7.52. The maximum atomic E-state index is 10.7. The van der Waals surface area contributed by atoms with Gasteiger partial charge in [-0.25, -0.2) is 4.79 Å². The lowest BCUT2D eigenvalue weighted by Crippen LogP contribution is -2.33. The average molecular weight is 159 g/mol. The van der Waals surface area contributed by atoms with Crippen LogP contribution in [0.25, 0.3) is 0 Å². The number of carbonyl (C=O) groups excluding carboxylic acids is 1. The van der Waals surface area contributed by atoms with Gasteiger partial charge in [-0.1, -0.05) is 20.3 Å². The number of amides is 1. The number of hydrogen-bond acceptors (Lipinski definition) is 2. The molecule has 0 bridgehead atoms. The molecule has 0 radical (unpaired) electrons. The number of rotatable bonds is 4. The van der Waals surface area contributed by atoms with Crippen LogP contribution in [0.2, 0.25) is 0 Å². The summed E-state index contributed by atoms with van der Waals surface area (Å²) in [6, 6.07) is 0.271. The van der Waals surface area contributed by atoms with Crippen molar-refractivity contribution in [1.29, 1.82) is 0 Å². The van der Waals surface area contributed by atoms with Crippen molar-refractivity contribution in [3.8, 4) is 0 Å². The highest BCUT2D eigenvalue weighted by atomic mass is 16.5. The molecular weight excluding hydrogens is 142 g/mol. The monoisotopic (exact) mass is 159 g/mol. The summed E-state index contributed by atoms with van der Waals surface area (Å²) in [6.45, 7) is 4.15. The lowest BCUT2D eigenvalue weighted by molar-refractivity contribution is 0.165. The molecule has 1 atom stereocenters. The molecule has 0 heterocycles. The summed E-state index contributed by atoms with van der Waals surface area (Å²) in [5.74, 6) is 0. The Morgan fingerprint density at radius 2 is 2.18 bits per heavy atom. The average Bonchev–Trinajstić information content (AvgIpc) is 2.03. The minimum atomic E-state index is -0.328. The Bertz CT molecular complexity index is 115. The fourth-order valence-electron chi connectivity index (χ4n) is 0.952. The van der Waals surface area contributed by atoms with Crippen molar-refractivity contribution < 1.29 is 9.53 Å². The van der Waals surface area contributed by atoms with Gasteiger partial charge in [0.2, 0.25) is 0 Å². The summed E-state index contributed by atoms with van der Waals surface area (Å²) in [4.78, 5) is 10.7. The SMILES string of the molecule is CCCC(CC)NC(=O)OC. The molecule has 0 aliphatic rings. The summed E-state index contributed by atoms with van der Waals surface area (Å²) in [6.07, 6.45) is 2.74. The van der Waals surface area contributed by atoms with Gasteiger partial charge in [0.25, 0.3) is 0 Å². The van der Waals surface area contributed by atoms with E-state index in [0.29, 0.717) is 0 Å². The Hall–Kier alpha value is -0.730. The lowest BCUT2D eigenvalue weighted by atomic mass is 10.1. The number of carbonyl (C=O) groups is 1. The van der Waals surface area contributed by atoms with Gasteiger partial charge >= 0.3 is 6.09 Å². The Kier molecular flexibility index (Phi) is 5.61. The third-order valence-corrected chi connectivity index (χ3v) is 1.64. The molecule has 0 aliphatic heterocycles. The summed E-state index contributed by atoms with van der Waals surface area (Å²) in [5.41, 5.74) is 0. The molecule has 0 aliphatic carbocycles. The fraction of sp³-hybridized carbons (Fsp3) is 0.875. The maximum absolute atomic E-state index is 10.7. The normalized spacial score (nSPS) is 12.3. The molecule has 0 saturated heterocycles. The molecule has 11 heavy (non-hydrogen) atoms. The van der Waals surface area contributed by atoms with Gasteiger partial charge in [-0.2, -0.15) is 0 Å². The first-order valence-electron chi connectivity index (χ1n) is 4.09. The van der Waals surface area contributed by atoms with Crippen LogP contribution in [0.3, 0.4) is 0 Å². The maximum Gasteiger partial charge on any atom is 0.407 e. The Morgan fingerprint density at radius 1 is 1.55 bits per heavy atom. The highest BCUT2D eigenvalue weighted by Crippen LogP contribution is 2.00. The molecule has 0 rings (SSSR count). The van der Waals surface area contributed by atoms with E-state index in [-0.39, 0.29) is 12.1 Å². The van der Waals surface area contributed by atoms with Crippen LogP contribution in [-0.4, -0.2) is 19.2 Å². The van der Waals surface area contributed by atoms with E-state index in [9.17, 15) is 4.79 Å². The molecule has 0 fully saturated rings. The molecule has 66 valence electrons. The zero-order valence-electron chi connectivity index (χ0n) is 7.52. The summed E-state index contributed by atoms with van der Waals surface area (Å²) >= 11 is 0. The van der Waals surface area contributed by atoms with Crippen LogP contribution in [0.1, 0.15) is 33.1 Å². The van der Waals surface area contributed by atoms with E-state index in [1.165, 1.54) is 7.11 Å². The van der Waals surface area contributed by atoms with E-state index in [1.54, 1.807) is 0 Å². The minimum Gasteiger partial charge on any atom is -0.453 e. The highest BCUT2D eigenvalue weighted by Gasteiger charge is 2.07. The second-order valence-electron chi connectivity index (χ2n) is 2.53. The van der Waals surface area contributed by atoms with E-state index in [4.69, 9.17) is 0 Å². The summed E-state index contributed by atoms with van der Waals surface area (Å²) in [5, 5.41) is 2.76. The van der Waals surface area contributed by atoms with Crippen molar-refractivity contribution >= 4 is 6.09 Å². The molecule has 1 unspecified atom stereocenters. The predicted octanol–water partition coefficient (Wildman–Crippen LogP) is 1.92. The Balaban J connectivity index is 3.58. The third-order valence-electron chi connectivity index (χ3n) is 1.64. The fourth-order valence-corrected chi connectivity index (χ4v) is 0.952. The van der Waals surface area contributed by atoms with Crippen molar-refractivity contribution in [2.45, 2.75) is 39.2 Å². The van der Waals surface area contributed by atoms with Crippen molar-refractivity contribution in [3.05, 3.63) is 0 Å². The summed E-state index contributed by atoms with van der Waals surface area (Å²) in [7, 11) is 1.38. The Labute approximate surface area is 68.1 Å². The first-order chi connectivity index (χ1) is 5.24. The topological polar surface area (TPSA) is 38.3 Å². The van der Waals surface area contributed by atoms with E-state index in [1.807, 2.05) is 0 Å². The number of ether oxygens (including phenoxy) is 1. The van der Waals surface area contributed by atoms with Crippen LogP contribution in [0.5, 0.6) is 0 Å². The van der Waals surface area contributed by atoms with Crippen LogP contribution >= 0.6 is 0 Å². The van der Waals surface area contributed by atoms with Crippen LogP contribution in [0, 0.1) is 0 Å². The first-order valence-corrected chi connectivity index (χ1v) is 4.09. The molecular formula is C8H17NO2. The molecule has 3 heteroatoms. The number of hydrogen-bond donors (Lipinski definition) is 1. The molecule has 1 N–H and O–H groups in total. The molecule has 1 amide bonds. The molecule has 0 aromatic carbocycles. The second-order valence-corrected chi connectivity index (χ2v) is 2.53. The molecule has 3 nitrogen and oxygen atoms in total. The van der Waals surface area contributed by atoms with Crippen LogP contribution in [-0.2, 0) is 4.74 Å².